The molecule has 0 radical (unpaired) electrons. The van der Waals surface area contributed by atoms with Crippen LogP contribution in [0.25, 0.3) is 0 Å². The molecule has 0 atom stereocenters. The summed E-state index contributed by atoms with van der Waals surface area (Å²) in [5.41, 5.74) is 10.8. The van der Waals surface area contributed by atoms with Gasteiger partial charge in [-0.15, -0.1) is 0 Å². The van der Waals surface area contributed by atoms with Crippen LogP contribution in [0.15, 0.2) is 46.6 Å². The second-order valence-corrected chi connectivity index (χ2v) is 24.5. The summed E-state index contributed by atoms with van der Waals surface area (Å²) < 4.78 is 0. The van der Waals surface area contributed by atoms with Gasteiger partial charge in [-0.3, -0.25) is 0 Å². The first-order chi connectivity index (χ1) is 26.3. The predicted molar refractivity (Wildman–Crippen MR) is 216 cm³/mol. The molecule has 16 saturated carbocycles. The van der Waals surface area contributed by atoms with Gasteiger partial charge in [0.15, 0.2) is 0 Å². The van der Waals surface area contributed by atoms with Crippen molar-refractivity contribution in [1.82, 2.24) is 0 Å². The fourth-order valence-electron chi connectivity index (χ4n) is 20.5. The third kappa shape index (κ3) is 4.76. The highest BCUT2D eigenvalue weighted by atomic mass is 15.1. The topological polar surface area (TPSA) is 24.7 Å². The van der Waals surface area contributed by atoms with E-state index in [4.69, 9.17) is 10.2 Å². The van der Waals surface area contributed by atoms with E-state index < -0.39 is 0 Å². The van der Waals surface area contributed by atoms with Gasteiger partial charge in [0.2, 0.25) is 0 Å². The number of nitrogens with zero attached hydrogens (tertiary/aromatic N) is 2. The molecule has 0 aromatic heterocycles. The molecule has 18 rings (SSSR count). The lowest BCUT2D eigenvalue weighted by atomic mass is 9.46. The monoisotopic (exact) mass is 719 g/mol. The Hall–Kier alpha value is -1.96. The first-order valence-electron chi connectivity index (χ1n) is 24.1. The van der Waals surface area contributed by atoms with Gasteiger partial charge < -0.3 is 0 Å². The Morgan fingerprint density at radius 2 is 0.426 bits per heavy atom. The van der Waals surface area contributed by atoms with Gasteiger partial charge in [0, 0.05) is 0 Å². The molecule has 16 aliphatic carbocycles. The third-order valence-electron chi connectivity index (χ3n) is 20.7. The number of hydrogen-bond acceptors (Lipinski definition) is 2. The predicted octanol–water partition coefficient (Wildman–Crippen LogP) is 14.0. The van der Waals surface area contributed by atoms with Gasteiger partial charge in [-0.1, -0.05) is 12.1 Å². The van der Waals surface area contributed by atoms with Crippen molar-refractivity contribution < 1.29 is 0 Å². The maximum absolute atomic E-state index is 5.45. The minimum atomic E-state index is 0.404. The summed E-state index contributed by atoms with van der Waals surface area (Å²) in [6, 6.07) is 16.0. The molecule has 284 valence electrons. The third-order valence-corrected chi connectivity index (χ3v) is 20.7. The van der Waals surface area contributed by atoms with Crippen molar-refractivity contribution in [2.75, 3.05) is 0 Å². The Bertz CT molecular complexity index is 1520. The van der Waals surface area contributed by atoms with Crippen molar-refractivity contribution in [1.29, 1.82) is 0 Å². The molecule has 2 heteroatoms. The largest absolute Gasteiger partial charge is 0.151 e. The van der Waals surface area contributed by atoms with Crippen molar-refractivity contribution >= 4 is 11.4 Å². The molecule has 2 nitrogen and oxygen atoms in total. The second kappa shape index (κ2) is 10.9. The van der Waals surface area contributed by atoms with Crippen LogP contribution in [-0.4, -0.2) is 0 Å². The van der Waals surface area contributed by atoms with Crippen LogP contribution in [0.2, 0.25) is 0 Å². The average Bonchev–Trinajstić information content (AvgIpc) is 3.12. The Balaban J connectivity index is 0.889. The van der Waals surface area contributed by atoms with E-state index in [-0.39, 0.29) is 0 Å². The molecule has 0 saturated heterocycles. The summed E-state index contributed by atoms with van der Waals surface area (Å²) in [4.78, 5) is 0. The van der Waals surface area contributed by atoms with Gasteiger partial charge in [0.05, 0.1) is 11.4 Å². The number of rotatable bonds is 6. The molecule has 2 aromatic rings. The Morgan fingerprint density at radius 3 is 0.593 bits per heavy atom. The molecule has 0 N–H and O–H groups in total. The van der Waals surface area contributed by atoms with Crippen LogP contribution in [0.4, 0.5) is 11.4 Å². The summed E-state index contributed by atoms with van der Waals surface area (Å²) in [6.07, 6.45) is 35.6. The van der Waals surface area contributed by atoms with Crippen LogP contribution in [0.5, 0.6) is 0 Å². The summed E-state index contributed by atoms with van der Waals surface area (Å²) in [6.45, 7) is 0. The Morgan fingerprint density at radius 1 is 0.259 bits per heavy atom. The standard InChI is InChI=1S/C52H66N2/c1-31-2-33-3-32(1)20-49(19-31,21-33)43-13-44(50-22-34-4-35(23-50)6-36(5-34)24-50)16-47(15-43)53-54-48-17-45(51-25-37-7-38(26-51)9-39(8-37)27-51)14-46(18-48)52-28-40-10-41(29-52)12-42(11-40)30-52/h13-18,31-42H,1-12,19-30H2. The zero-order valence-corrected chi connectivity index (χ0v) is 33.3. The summed E-state index contributed by atoms with van der Waals surface area (Å²) in [5.74, 6) is 11.7. The van der Waals surface area contributed by atoms with Crippen LogP contribution >= 0.6 is 0 Å². The summed E-state index contributed by atoms with van der Waals surface area (Å²) in [7, 11) is 0. The minimum absolute atomic E-state index is 0.404. The van der Waals surface area contributed by atoms with E-state index in [1.165, 1.54) is 165 Å². The Labute approximate surface area is 325 Å². The lowest BCUT2D eigenvalue weighted by Crippen LogP contribution is -2.50. The first kappa shape index (κ1) is 32.0. The van der Waals surface area contributed by atoms with Gasteiger partial charge in [-0.05, 0) is 293 Å². The van der Waals surface area contributed by atoms with Crippen LogP contribution in [0.3, 0.4) is 0 Å². The molecule has 0 amide bonds. The van der Waals surface area contributed by atoms with Crippen LogP contribution in [-0.2, 0) is 21.7 Å². The highest BCUT2D eigenvalue weighted by molar-refractivity contribution is 5.53. The van der Waals surface area contributed by atoms with Crippen LogP contribution in [0, 0.1) is 71.0 Å². The maximum Gasteiger partial charge on any atom is 0.0863 e. The van der Waals surface area contributed by atoms with E-state index in [9.17, 15) is 0 Å². The van der Waals surface area contributed by atoms with E-state index >= 15 is 0 Å². The highest BCUT2D eigenvalue weighted by Gasteiger charge is 2.56. The number of azo groups is 1. The number of benzene rings is 2. The normalized spacial score (nSPS) is 52.4. The van der Waals surface area contributed by atoms with Crippen molar-refractivity contribution in [3.05, 3.63) is 58.7 Å². The van der Waals surface area contributed by atoms with E-state index in [1.807, 2.05) is 0 Å². The van der Waals surface area contributed by atoms with Crippen molar-refractivity contribution in [2.24, 2.45) is 81.2 Å². The molecule has 0 spiro atoms. The summed E-state index contributed by atoms with van der Waals surface area (Å²) in [5, 5.41) is 10.9. The minimum Gasteiger partial charge on any atom is -0.151 e. The molecular weight excluding hydrogens is 653 g/mol. The summed E-state index contributed by atoms with van der Waals surface area (Å²) >= 11 is 0. The maximum atomic E-state index is 5.45. The van der Waals surface area contributed by atoms with Crippen molar-refractivity contribution in [3.63, 3.8) is 0 Å². The fraction of sp³-hybridized carbons (Fsp3) is 0.769. The van der Waals surface area contributed by atoms with Crippen LogP contribution in [0.1, 0.15) is 176 Å². The molecule has 0 heterocycles. The SMILES string of the molecule is c1c(N=Nc2cc(C34CC5CC(CC(C5)C3)C4)cc(C34CC5CC(CC(C5)C3)C4)c2)cc(C23CC4CC(CC(C4)C2)C3)cc1C12CC3CC(CC(C3)C1)C2. The highest BCUT2D eigenvalue weighted by Crippen LogP contribution is 2.66. The smallest absolute Gasteiger partial charge is 0.0863 e. The molecular formula is C52H66N2. The van der Waals surface area contributed by atoms with Crippen molar-refractivity contribution in [2.45, 2.75) is 176 Å². The van der Waals surface area contributed by atoms with Gasteiger partial charge in [0.25, 0.3) is 0 Å². The lowest BCUT2D eigenvalue weighted by molar-refractivity contribution is -0.00858. The van der Waals surface area contributed by atoms with Gasteiger partial charge in [0.1, 0.15) is 0 Å². The first-order valence-corrected chi connectivity index (χ1v) is 24.1. The van der Waals surface area contributed by atoms with Gasteiger partial charge in [-0.25, -0.2) is 0 Å². The lowest BCUT2D eigenvalue weighted by Gasteiger charge is -2.58. The van der Waals surface area contributed by atoms with E-state index in [0.29, 0.717) is 21.7 Å². The van der Waals surface area contributed by atoms with Crippen LogP contribution < -0.4 is 0 Å². The Kier molecular flexibility index (Phi) is 6.50. The fourth-order valence-corrected chi connectivity index (χ4v) is 20.5. The number of hydrogen-bond donors (Lipinski definition) is 0. The zero-order chi connectivity index (χ0) is 35.0. The molecule has 54 heavy (non-hydrogen) atoms. The molecule has 0 aliphatic heterocycles. The zero-order valence-electron chi connectivity index (χ0n) is 33.3. The van der Waals surface area contributed by atoms with E-state index in [1.54, 1.807) is 22.3 Å². The van der Waals surface area contributed by atoms with Gasteiger partial charge in [-0.2, -0.15) is 10.2 Å². The molecule has 16 aliphatic rings. The van der Waals surface area contributed by atoms with E-state index in [0.717, 1.165) is 71.0 Å². The van der Waals surface area contributed by atoms with Crippen molar-refractivity contribution in [3.8, 4) is 0 Å². The van der Waals surface area contributed by atoms with E-state index in [2.05, 4.69) is 36.4 Å². The van der Waals surface area contributed by atoms with Gasteiger partial charge >= 0.3 is 0 Å². The molecule has 2 aromatic carbocycles. The molecule has 16 fully saturated rings. The quantitative estimate of drug-likeness (QED) is 0.266. The second-order valence-electron chi connectivity index (χ2n) is 24.5. The molecule has 16 bridgehead atoms. The molecule has 0 unspecified atom stereocenters. The average molecular weight is 719 g/mol.